The Hall–Kier alpha value is -1.48. The largest absolute Gasteiger partial charge is 0.457 e. The second-order valence-corrected chi connectivity index (χ2v) is 5.26. The van der Waals surface area contributed by atoms with E-state index in [1.165, 1.54) is 6.07 Å². The third-order valence-electron chi connectivity index (χ3n) is 2.97. The Morgan fingerprint density at radius 1 is 1.05 bits per heavy atom. The van der Waals surface area contributed by atoms with Crippen molar-refractivity contribution in [2.45, 2.75) is 20.6 Å². The quantitative estimate of drug-likeness (QED) is 0.748. The van der Waals surface area contributed by atoms with Gasteiger partial charge in [0.25, 0.3) is 0 Å². The molecule has 0 aromatic heterocycles. The van der Waals surface area contributed by atoms with Gasteiger partial charge in [-0.05, 0) is 36.1 Å². The Kier molecular flexibility index (Phi) is 4.15. The van der Waals surface area contributed by atoms with E-state index in [1.54, 1.807) is 18.2 Å². The molecule has 0 N–H and O–H groups in total. The number of rotatable bonds is 3. The summed E-state index contributed by atoms with van der Waals surface area (Å²) in [5, 5.41) is 0.636. The van der Waals surface area contributed by atoms with E-state index in [4.69, 9.17) is 16.3 Å². The molecule has 4 heteroatoms. The van der Waals surface area contributed by atoms with Crippen LogP contribution in [0.4, 0.5) is 4.39 Å². The van der Waals surface area contributed by atoms with Crippen molar-refractivity contribution in [1.29, 1.82) is 0 Å². The molecule has 0 saturated heterocycles. The molecule has 0 saturated carbocycles. The van der Waals surface area contributed by atoms with E-state index in [-0.39, 0.29) is 12.5 Å². The molecule has 2 aromatic rings. The van der Waals surface area contributed by atoms with E-state index in [0.717, 1.165) is 5.56 Å². The minimum absolute atomic E-state index is 0.155. The highest BCUT2D eigenvalue weighted by molar-refractivity contribution is 6.70. The van der Waals surface area contributed by atoms with Gasteiger partial charge in [0, 0.05) is 11.1 Å². The molecule has 0 aliphatic heterocycles. The highest BCUT2D eigenvalue weighted by atomic mass is 35.5. The van der Waals surface area contributed by atoms with Crippen LogP contribution >= 0.6 is 11.6 Å². The number of halogens is 2. The minimum Gasteiger partial charge on any atom is -0.457 e. The van der Waals surface area contributed by atoms with Crippen molar-refractivity contribution in [3.05, 3.63) is 52.8 Å². The molecule has 0 bridgehead atoms. The third-order valence-corrected chi connectivity index (χ3v) is 3.38. The minimum atomic E-state index is -0.245. The molecule has 2 rings (SSSR count). The lowest BCUT2D eigenvalue weighted by Gasteiger charge is -2.10. The topological polar surface area (TPSA) is 9.23 Å². The molecule has 2 aromatic carbocycles. The summed E-state index contributed by atoms with van der Waals surface area (Å²) in [4.78, 5) is 0. The summed E-state index contributed by atoms with van der Waals surface area (Å²) >= 11 is 6.02. The van der Waals surface area contributed by atoms with Crippen molar-refractivity contribution in [2.75, 3.05) is 0 Å². The molecule has 0 heterocycles. The maximum atomic E-state index is 13.8. The van der Waals surface area contributed by atoms with E-state index in [2.05, 4.69) is 0 Å². The summed E-state index contributed by atoms with van der Waals surface area (Å²) in [5.74, 6) is 0.833. The first kappa shape index (κ1) is 13.9. The van der Waals surface area contributed by atoms with Crippen LogP contribution in [0.1, 0.15) is 5.56 Å². The van der Waals surface area contributed by atoms with Gasteiger partial charge in [0.15, 0.2) is 6.71 Å². The highest BCUT2D eigenvalue weighted by Gasteiger charge is 2.10. The zero-order valence-electron chi connectivity index (χ0n) is 11.2. The van der Waals surface area contributed by atoms with Crippen LogP contribution in [0.2, 0.25) is 18.7 Å². The summed E-state index contributed by atoms with van der Waals surface area (Å²) in [6, 6.07) is 10.3. The lowest BCUT2D eigenvalue weighted by Crippen LogP contribution is -2.25. The number of aryl methyl sites for hydroxylation is 1. The zero-order chi connectivity index (χ0) is 14.0. The highest BCUT2D eigenvalue weighted by Crippen LogP contribution is 2.26. The molecule has 0 unspecified atom stereocenters. The first-order valence-corrected chi connectivity index (χ1v) is 6.58. The number of hydrogen-bond acceptors (Lipinski definition) is 1. The monoisotopic (exact) mass is 276 g/mol. The lowest BCUT2D eigenvalue weighted by molar-refractivity contribution is 0.477. The molecular weight excluding hydrogens is 261 g/mol. The van der Waals surface area contributed by atoms with Crippen LogP contribution in [-0.2, 0) is 0 Å². The Labute approximate surface area is 118 Å². The molecule has 0 spiro atoms. The van der Waals surface area contributed by atoms with Gasteiger partial charge in [-0.15, -0.1) is 0 Å². The second-order valence-electron chi connectivity index (χ2n) is 4.85. The molecule has 0 aliphatic rings. The van der Waals surface area contributed by atoms with E-state index in [0.29, 0.717) is 22.0 Å². The van der Waals surface area contributed by atoms with Crippen LogP contribution in [0.3, 0.4) is 0 Å². The van der Waals surface area contributed by atoms with Crippen molar-refractivity contribution >= 4 is 23.8 Å². The van der Waals surface area contributed by atoms with E-state index < -0.39 is 0 Å². The molecule has 1 nitrogen and oxygen atoms in total. The first-order valence-electron chi connectivity index (χ1n) is 6.21. The van der Waals surface area contributed by atoms with Crippen molar-refractivity contribution < 1.29 is 9.13 Å². The summed E-state index contributed by atoms with van der Waals surface area (Å²) in [5.41, 5.74) is 1.67. The normalized spacial score (nSPS) is 10.4. The zero-order valence-corrected chi connectivity index (χ0v) is 12.0. The maximum Gasteiger partial charge on any atom is 0.173 e. The van der Waals surface area contributed by atoms with Crippen LogP contribution in [0.25, 0.3) is 0 Å². The molecule has 0 fully saturated rings. The average Bonchev–Trinajstić information content (AvgIpc) is 2.33. The van der Waals surface area contributed by atoms with Crippen molar-refractivity contribution in [3.8, 4) is 11.5 Å². The molecular formula is C15H15BClFO. The van der Waals surface area contributed by atoms with Gasteiger partial charge in [-0.2, -0.15) is 0 Å². The van der Waals surface area contributed by atoms with Gasteiger partial charge < -0.3 is 4.74 Å². The predicted octanol–water partition coefficient (Wildman–Crippen LogP) is 4.54. The van der Waals surface area contributed by atoms with Gasteiger partial charge in [-0.1, -0.05) is 37.4 Å². The fourth-order valence-corrected chi connectivity index (χ4v) is 1.98. The first-order chi connectivity index (χ1) is 8.97. The molecule has 0 amide bonds. The summed E-state index contributed by atoms with van der Waals surface area (Å²) in [6.07, 6.45) is 0. The Bertz CT molecular complexity index is 599. The van der Waals surface area contributed by atoms with Gasteiger partial charge in [-0.3, -0.25) is 0 Å². The van der Waals surface area contributed by atoms with Gasteiger partial charge in [0.1, 0.15) is 17.3 Å². The van der Waals surface area contributed by atoms with Crippen LogP contribution < -0.4 is 10.2 Å². The van der Waals surface area contributed by atoms with Gasteiger partial charge >= 0.3 is 0 Å². The van der Waals surface area contributed by atoms with Crippen molar-refractivity contribution in [3.63, 3.8) is 0 Å². The third kappa shape index (κ3) is 3.30. The molecule has 0 atom stereocenters. The maximum absolute atomic E-state index is 13.8. The van der Waals surface area contributed by atoms with E-state index in [9.17, 15) is 4.39 Å². The average molecular weight is 277 g/mol. The fourth-order valence-electron chi connectivity index (χ4n) is 1.81. The lowest BCUT2D eigenvalue weighted by atomic mass is 9.49. The second kappa shape index (κ2) is 5.66. The predicted molar refractivity (Wildman–Crippen MR) is 79.8 cm³/mol. The smallest absolute Gasteiger partial charge is 0.173 e. The Morgan fingerprint density at radius 2 is 1.68 bits per heavy atom. The summed E-state index contributed by atoms with van der Waals surface area (Å²) in [7, 11) is 0. The Balaban J connectivity index is 2.24. The van der Waals surface area contributed by atoms with Crippen molar-refractivity contribution in [1.82, 2.24) is 0 Å². The fraction of sp³-hybridized carbons (Fsp3) is 0.200. The standard InChI is InChI=1S/C15H15BClFO/c1-10-4-5-11(8-14(10)17)19-12-6-7-13(16(2)3)15(18)9-12/h4-9H,1-3H3. The SMILES string of the molecule is CB(C)c1ccc(Oc2ccc(C)c(Cl)c2)cc1F. The molecule has 0 radical (unpaired) electrons. The number of benzene rings is 2. The Morgan fingerprint density at radius 3 is 2.26 bits per heavy atom. The molecule has 19 heavy (non-hydrogen) atoms. The van der Waals surface area contributed by atoms with Gasteiger partial charge in [-0.25, -0.2) is 4.39 Å². The summed E-state index contributed by atoms with van der Waals surface area (Å²) in [6.45, 7) is 5.99. The van der Waals surface area contributed by atoms with Crippen LogP contribution in [-0.4, -0.2) is 6.71 Å². The van der Waals surface area contributed by atoms with E-state index in [1.807, 2.05) is 32.7 Å². The van der Waals surface area contributed by atoms with Crippen molar-refractivity contribution in [2.24, 2.45) is 0 Å². The van der Waals surface area contributed by atoms with Crippen LogP contribution in [0, 0.1) is 12.7 Å². The summed E-state index contributed by atoms with van der Waals surface area (Å²) < 4.78 is 19.4. The molecule has 98 valence electrons. The van der Waals surface area contributed by atoms with Crippen LogP contribution in [0.5, 0.6) is 11.5 Å². The van der Waals surface area contributed by atoms with E-state index >= 15 is 0 Å². The van der Waals surface area contributed by atoms with Crippen LogP contribution in [0.15, 0.2) is 36.4 Å². The molecule has 0 aliphatic carbocycles. The number of ether oxygens (including phenoxy) is 1. The van der Waals surface area contributed by atoms with Gasteiger partial charge in [0.2, 0.25) is 0 Å². The number of hydrogen-bond donors (Lipinski definition) is 0. The van der Waals surface area contributed by atoms with Gasteiger partial charge in [0.05, 0.1) is 0 Å².